The van der Waals surface area contributed by atoms with Crippen molar-refractivity contribution in [2.24, 2.45) is 0 Å². The third kappa shape index (κ3) is 10.7. The van der Waals surface area contributed by atoms with Gasteiger partial charge >= 0.3 is 11.9 Å². The lowest BCUT2D eigenvalue weighted by Gasteiger charge is -1.98. The van der Waals surface area contributed by atoms with Gasteiger partial charge in [0.15, 0.2) is 0 Å². The molecule has 0 rings (SSSR count). The van der Waals surface area contributed by atoms with Crippen LogP contribution in [0.5, 0.6) is 0 Å². The van der Waals surface area contributed by atoms with Crippen molar-refractivity contribution in [3.05, 3.63) is 12.2 Å². The van der Waals surface area contributed by atoms with E-state index in [1.54, 1.807) is 6.08 Å². The second kappa shape index (κ2) is 7.34. The van der Waals surface area contributed by atoms with E-state index in [0.29, 0.717) is 13.0 Å². The Kier molecular flexibility index (Phi) is 6.59. The smallest absolute Gasteiger partial charge is 0.327 e. The number of aliphatic carboxylic acids is 1. The summed E-state index contributed by atoms with van der Waals surface area (Å²) in [5.74, 6) is -1.21. The van der Waals surface area contributed by atoms with Gasteiger partial charge in [-0.3, -0.25) is 4.79 Å². The summed E-state index contributed by atoms with van der Waals surface area (Å²) in [5, 5.41) is 8.23. The molecule has 0 aromatic carbocycles. The Morgan fingerprint density at radius 1 is 1.38 bits per heavy atom. The average molecular weight is 186 g/mol. The predicted molar refractivity (Wildman–Crippen MR) is 47.3 cm³/mol. The standard InChI is InChI=1S/C9H14O4/c1-8(10)13-7-5-3-2-4-6-9(11)12/h4,6H,2-3,5,7H2,1H3,(H,11,12)/b6-4+. The van der Waals surface area contributed by atoms with Crippen molar-refractivity contribution in [2.75, 3.05) is 6.61 Å². The first-order valence-corrected chi connectivity index (χ1v) is 4.15. The minimum absolute atomic E-state index is 0.277. The zero-order valence-corrected chi connectivity index (χ0v) is 7.66. The van der Waals surface area contributed by atoms with Crippen LogP contribution < -0.4 is 0 Å². The summed E-state index contributed by atoms with van der Waals surface area (Å²) in [7, 11) is 0. The largest absolute Gasteiger partial charge is 0.478 e. The Morgan fingerprint density at radius 2 is 2.08 bits per heavy atom. The van der Waals surface area contributed by atoms with E-state index >= 15 is 0 Å². The second-order valence-corrected chi connectivity index (χ2v) is 2.58. The number of hydrogen-bond donors (Lipinski definition) is 1. The Bertz CT molecular complexity index is 196. The van der Waals surface area contributed by atoms with Crippen molar-refractivity contribution in [3.8, 4) is 0 Å². The zero-order chi connectivity index (χ0) is 10.1. The number of rotatable bonds is 6. The van der Waals surface area contributed by atoms with E-state index in [9.17, 15) is 9.59 Å². The zero-order valence-electron chi connectivity index (χ0n) is 7.66. The van der Waals surface area contributed by atoms with Crippen molar-refractivity contribution >= 4 is 11.9 Å². The molecule has 74 valence electrons. The molecule has 0 fully saturated rings. The molecule has 0 saturated carbocycles. The molecule has 0 aliphatic rings. The Hall–Kier alpha value is -1.32. The first kappa shape index (κ1) is 11.7. The molecular formula is C9H14O4. The number of ether oxygens (including phenoxy) is 1. The summed E-state index contributed by atoms with van der Waals surface area (Å²) in [6.07, 6.45) is 5.01. The summed E-state index contributed by atoms with van der Waals surface area (Å²) in [4.78, 5) is 20.3. The number of carbonyl (C=O) groups is 2. The van der Waals surface area contributed by atoms with E-state index in [2.05, 4.69) is 0 Å². The van der Waals surface area contributed by atoms with Crippen molar-refractivity contribution in [2.45, 2.75) is 26.2 Å². The highest BCUT2D eigenvalue weighted by Gasteiger charge is 1.91. The normalized spacial score (nSPS) is 10.2. The third-order valence-electron chi connectivity index (χ3n) is 1.33. The lowest BCUT2D eigenvalue weighted by molar-refractivity contribution is -0.141. The molecule has 0 spiro atoms. The van der Waals surface area contributed by atoms with Gasteiger partial charge in [0.2, 0.25) is 0 Å². The molecule has 0 aromatic rings. The molecule has 0 aliphatic heterocycles. The number of carboxylic acid groups (broad SMARTS) is 1. The van der Waals surface area contributed by atoms with Gasteiger partial charge in [0, 0.05) is 13.0 Å². The van der Waals surface area contributed by atoms with Crippen LogP contribution in [0.25, 0.3) is 0 Å². The van der Waals surface area contributed by atoms with Gasteiger partial charge in [-0.1, -0.05) is 6.08 Å². The highest BCUT2D eigenvalue weighted by atomic mass is 16.5. The highest BCUT2D eigenvalue weighted by Crippen LogP contribution is 1.97. The number of hydrogen-bond acceptors (Lipinski definition) is 3. The lowest BCUT2D eigenvalue weighted by atomic mass is 10.2. The topological polar surface area (TPSA) is 63.6 Å². The second-order valence-electron chi connectivity index (χ2n) is 2.58. The maximum absolute atomic E-state index is 10.3. The summed E-state index contributed by atoms with van der Waals surface area (Å²) in [6.45, 7) is 1.78. The quantitative estimate of drug-likeness (QED) is 0.386. The fraction of sp³-hybridized carbons (Fsp3) is 0.556. The van der Waals surface area contributed by atoms with Gasteiger partial charge < -0.3 is 9.84 Å². The molecule has 0 heterocycles. The summed E-state index contributed by atoms with van der Waals surface area (Å²) in [6, 6.07) is 0. The first-order chi connectivity index (χ1) is 6.13. The van der Waals surface area contributed by atoms with Crippen LogP contribution >= 0.6 is 0 Å². The molecule has 0 amide bonds. The van der Waals surface area contributed by atoms with Crippen LogP contribution in [0.1, 0.15) is 26.2 Å². The highest BCUT2D eigenvalue weighted by molar-refractivity contribution is 5.79. The molecule has 0 unspecified atom stereocenters. The Balaban J connectivity index is 3.17. The van der Waals surface area contributed by atoms with E-state index in [1.807, 2.05) is 0 Å². The number of unbranched alkanes of at least 4 members (excludes halogenated alkanes) is 2. The van der Waals surface area contributed by atoms with Crippen LogP contribution in [0.15, 0.2) is 12.2 Å². The molecule has 0 bridgehead atoms. The van der Waals surface area contributed by atoms with Crippen LogP contribution in [0.3, 0.4) is 0 Å². The minimum atomic E-state index is -0.931. The Morgan fingerprint density at radius 3 is 2.62 bits per heavy atom. The number of esters is 1. The van der Waals surface area contributed by atoms with Gasteiger partial charge in [-0.15, -0.1) is 0 Å². The van der Waals surface area contributed by atoms with E-state index < -0.39 is 5.97 Å². The lowest BCUT2D eigenvalue weighted by Crippen LogP contribution is -1.99. The van der Waals surface area contributed by atoms with Crippen LogP contribution in [-0.4, -0.2) is 23.7 Å². The molecule has 0 atom stereocenters. The fourth-order valence-corrected chi connectivity index (χ4v) is 0.764. The van der Waals surface area contributed by atoms with Gasteiger partial charge in [0.05, 0.1) is 6.61 Å². The number of allylic oxidation sites excluding steroid dienone is 1. The molecule has 0 aromatic heterocycles. The predicted octanol–water partition coefficient (Wildman–Crippen LogP) is 1.36. The van der Waals surface area contributed by atoms with Crippen LogP contribution in [0.4, 0.5) is 0 Å². The van der Waals surface area contributed by atoms with Crippen molar-refractivity contribution < 1.29 is 19.4 Å². The van der Waals surface area contributed by atoms with Gasteiger partial charge in [-0.2, -0.15) is 0 Å². The van der Waals surface area contributed by atoms with Crippen molar-refractivity contribution in [1.82, 2.24) is 0 Å². The first-order valence-electron chi connectivity index (χ1n) is 4.15. The number of carbonyl (C=O) groups excluding carboxylic acids is 1. The molecule has 0 aliphatic carbocycles. The molecular weight excluding hydrogens is 172 g/mol. The molecule has 4 heteroatoms. The molecule has 1 N–H and O–H groups in total. The summed E-state index contributed by atoms with van der Waals surface area (Å²) in [5.41, 5.74) is 0. The molecule has 13 heavy (non-hydrogen) atoms. The molecule has 0 radical (unpaired) electrons. The monoisotopic (exact) mass is 186 g/mol. The summed E-state index contributed by atoms with van der Waals surface area (Å²) >= 11 is 0. The molecule has 0 saturated heterocycles. The van der Waals surface area contributed by atoms with E-state index in [-0.39, 0.29) is 5.97 Å². The van der Waals surface area contributed by atoms with Gasteiger partial charge in [-0.25, -0.2) is 4.79 Å². The van der Waals surface area contributed by atoms with Crippen molar-refractivity contribution in [3.63, 3.8) is 0 Å². The van der Waals surface area contributed by atoms with Crippen LogP contribution in [-0.2, 0) is 14.3 Å². The fourth-order valence-electron chi connectivity index (χ4n) is 0.764. The van der Waals surface area contributed by atoms with E-state index in [0.717, 1.165) is 18.9 Å². The number of carboxylic acids is 1. The Labute approximate surface area is 77.2 Å². The van der Waals surface area contributed by atoms with Crippen LogP contribution in [0.2, 0.25) is 0 Å². The third-order valence-corrected chi connectivity index (χ3v) is 1.33. The SMILES string of the molecule is CC(=O)OCCCC/C=C/C(=O)O. The molecule has 4 nitrogen and oxygen atoms in total. The van der Waals surface area contributed by atoms with Gasteiger partial charge in [0.1, 0.15) is 0 Å². The van der Waals surface area contributed by atoms with Gasteiger partial charge in [0.25, 0.3) is 0 Å². The van der Waals surface area contributed by atoms with Crippen molar-refractivity contribution in [1.29, 1.82) is 0 Å². The average Bonchev–Trinajstić information content (AvgIpc) is 2.01. The van der Waals surface area contributed by atoms with Crippen LogP contribution in [0, 0.1) is 0 Å². The van der Waals surface area contributed by atoms with E-state index in [4.69, 9.17) is 9.84 Å². The summed E-state index contributed by atoms with van der Waals surface area (Å²) < 4.78 is 4.69. The van der Waals surface area contributed by atoms with E-state index in [1.165, 1.54) is 6.92 Å². The minimum Gasteiger partial charge on any atom is -0.478 e. The maximum Gasteiger partial charge on any atom is 0.327 e. The van der Waals surface area contributed by atoms with Gasteiger partial charge in [-0.05, 0) is 19.3 Å². The maximum atomic E-state index is 10.3.